The Morgan fingerprint density at radius 2 is 1.93 bits per heavy atom. The second-order valence-corrected chi connectivity index (χ2v) is 7.23. The fourth-order valence-corrected chi connectivity index (χ4v) is 3.94. The lowest BCUT2D eigenvalue weighted by Crippen LogP contribution is -2.41. The van der Waals surface area contributed by atoms with Gasteiger partial charge < -0.3 is 4.90 Å². The van der Waals surface area contributed by atoms with E-state index in [1.54, 1.807) is 4.90 Å². The van der Waals surface area contributed by atoms with E-state index in [9.17, 15) is 18.4 Å². The minimum absolute atomic E-state index is 0.0344. The molecule has 27 heavy (non-hydrogen) atoms. The van der Waals surface area contributed by atoms with Gasteiger partial charge in [0.2, 0.25) is 5.91 Å². The van der Waals surface area contributed by atoms with Gasteiger partial charge in [-0.15, -0.1) is 0 Å². The molecule has 1 amide bonds. The minimum Gasteiger partial charge on any atom is -0.333 e. The lowest BCUT2D eigenvalue weighted by atomic mass is 9.90. The molecule has 0 saturated heterocycles. The lowest BCUT2D eigenvalue weighted by molar-refractivity contribution is -0.132. The van der Waals surface area contributed by atoms with Crippen LogP contribution in [0.1, 0.15) is 35.4 Å². The Morgan fingerprint density at radius 1 is 1.15 bits per heavy atom. The van der Waals surface area contributed by atoms with Crippen LogP contribution in [0.4, 0.5) is 8.78 Å². The van der Waals surface area contributed by atoms with Gasteiger partial charge in [0.05, 0.1) is 13.0 Å². The van der Waals surface area contributed by atoms with Crippen molar-refractivity contribution >= 4 is 5.91 Å². The molecule has 0 fully saturated rings. The Balaban J connectivity index is 1.46. The first-order chi connectivity index (χ1) is 13.0. The van der Waals surface area contributed by atoms with Crippen LogP contribution in [0.15, 0.2) is 23.0 Å². The number of fused-ring (bicyclic) bond motifs is 2. The summed E-state index contributed by atoms with van der Waals surface area (Å²) in [5, 5.41) is 3.98. The fraction of sp³-hybridized carbons (Fsp3) is 0.526. The maximum atomic E-state index is 12.7. The highest BCUT2D eigenvalue weighted by Crippen LogP contribution is 2.23. The lowest BCUT2D eigenvalue weighted by Gasteiger charge is -2.27. The number of aryl methyl sites for hydroxylation is 2. The second kappa shape index (κ2) is 7.25. The molecule has 0 atom stereocenters. The highest BCUT2D eigenvalue weighted by Gasteiger charge is 2.26. The largest absolute Gasteiger partial charge is 0.346 e. The minimum atomic E-state index is -2.64. The van der Waals surface area contributed by atoms with Gasteiger partial charge in [0, 0.05) is 13.1 Å². The Bertz CT molecular complexity index is 919. The van der Waals surface area contributed by atoms with Crippen LogP contribution in [0.25, 0.3) is 0 Å². The topological polar surface area (TPSA) is 60.1 Å². The molecule has 1 aromatic heterocycles. The summed E-state index contributed by atoms with van der Waals surface area (Å²) in [6, 6.07) is 6.26. The number of carbonyl (C=O) groups is 1. The second-order valence-electron chi connectivity index (χ2n) is 7.23. The maximum Gasteiger partial charge on any atom is 0.346 e. The van der Waals surface area contributed by atoms with Gasteiger partial charge in [-0.2, -0.15) is 5.10 Å². The van der Waals surface area contributed by atoms with E-state index < -0.39 is 18.7 Å². The number of aromatic nitrogens is 3. The van der Waals surface area contributed by atoms with Gasteiger partial charge in [-0.25, -0.2) is 18.3 Å². The summed E-state index contributed by atoms with van der Waals surface area (Å²) in [7, 11) is 0. The van der Waals surface area contributed by atoms with E-state index in [1.807, 2.05) is 6.07 Å². The molecule has 2 heterocycles. The summed E-state index contributed by atoms with van der Waals surface area (Å²) in [6.07, 6.45) is 2.24. The van der Waals surface area contributed by atoms with Gasteiger partial charge in [0.25, 0.3) is 6.43 Å². The zero-order valence-electron chi connectivity index (χ0n) is 15.0. The quantitative estimate of drug-likeness (QED) is 0.817. The van der Waals surface area contributed by atoms with Crippen LogP contribution in [0.3, 0.4) is 0 Å². The SMILES string of the molecule is O=C(Cc1ccc2c(c1)CCCC2)N1CCn2c(nn(CC(F)F)c2=O)C1. The summed E-state index contributed by atoms with van der Waals surface area (Å²) < 4.78 is 27.3. The average Bonchev–Trinajstić information content (AvgIpc) is 2.96. The molecule has 0 bridgehead atoms. The summed E-state index contributed by atoms with van der Waals surface area (Å²) in [4.78, 5) is 26.4. The van der Waals surface area contributed by atoms with Crippen LogP contribution < -0.4 is 5.69 Å². The first kappa shape index (κ1) is 17.9. The van der Waals surface area contributed by atoms with Crippen LogP contribution in [0.2, 0.25) is 0 Å². The Kier molecular flexibility index (Phi) is 4.80. The van der Waals surface area contributed by atoms with Crippen LogP contribution in [-0.2, 0) is 43.7 Å². The molecule has 2 aromatic rings. The van der Waals surface area contributed by atoms with Crippen LogP contribution >= 0.6 is 0 Å². The Hall–Kier alpha value is -2.51. The number of benzene rings is 1. The molecule has 2 aliphatic rings. The molecule has 0 N–H and O–H groups in total. The van der Waals surface area contributed by atoms with Crippen LogP contribution in [0, 0.1) is 0 Å². The summed E-state index contributed by atoms with van der Waals surface area (Å²) in [5.41, 5.74) is 3.17. The molecule has 0 unspecified atom stereocenters. The number of rotatable bonds is 4. The molecular weight excluding hydrogens is 354 g/mol. The van der Waals surface area contributed by atoms with Crippen molar-refractivity contribution in [3.8, 4) is 0 Å². The number of carbonyl (C=O) groups excluding carboxylic acids is 1. The number of hydrogen-bond acceptors (Lipinski definition) is 3. The van der Waals surface area contributed by atoms with Crippen molar-refractivity contribution in [1.29, 1.82) is 0 Å². The summed E-state index contributed by atoms with van der Waals surface area (Å²) in [6.45, 7) is 0.127. The van der Waals surface area contributed by atoms with E-state index in [4.69, 9.17) is 0 Å². The molecule has 0 saturated carbocycles. The number of halogens is 2. The summed E-state index contributed by atoms with van der Waals surface area (Å²) >= 11 is 0. The van der Waals surface area contributed by atoms with Gasteiger partial charge in [-0.1, -0.05) is 18.2 Å². The van der Waals surface area contributed by atoms with Crippen molar-refractivity contribution in [2.75, 3.05) is 6.54 Å². The highest BCUT2D eigenvalue weighted by molar-refractivity contribution is 5.79. The first-order valence-corrected chi connectivity index (χ1v) is 9.34. The molecule has 4 rings (SSSR count). The predicted octanol–water partition coefficient (Wildman–Crippen LogP) is 1.77. The fourth-order valence-electron chi connectivity index (χ4n) is 3.94. The molecule has 1 aromatic carbocycles. The normalized spacial score (nSPS) is 16.3. The van der Waals surface area contributed by atoms with Crippen molar-refractivity contribution in [2.45, 2.75) is 58.2 Å². The molecule has 144 valence electrons. The van der Waals surface area contributed by atoms with Gasteiger partial charge in [0.15, 0.2) is 5.82 Å². The van der Waals surface area contributed by atoms with E-state index >= 15 is 0 Å². The molecule has 6 nitrogen and oxygen atoms in total. The van der Waals surface area contributed by atoms with Gasteiger partial charge in [0.1, 0.15) is 6.54 Å². The van der Waals surface area contributed by atoms with Gasteiger partial charge in [-0.05, 0) is 42.4 Å². The smallest absolute Gasteiger partial charge is 0.333 e. The average molecular weight is 376 g/mol. The van der Waals surface area contributed by atoms with Crippen molar-refractivity contribution in [3.05, 3.63) is 51.2 Å². The third kappa shape index (κ3) is 3.65. The van der Waals surface area contributed by atoms with E-state index in [1.165, 1.54) is 28.5 Å². The van der Waals surface area contributed by atoms with E-state index in [2.05, 4.69) is 17.2 Å². The summed E-state index contributed by atoms with van der Waals surface area (Å²) in [5.74, 6) is 0.332. The number of hydrogen-bond donors (Lipinski definition) is 0. The van der Waals surface area contributed by atoms with Crippen LogP contribution in [0.5, 0.6) is 0 Å². The van der Waals surface area contributed by atoms with E-state index in [0.717, 1.165) is 23.1 Å². The molecular formula is C19H22F2N4O2. The Labute approximate surface area is 155 Å². The van der Waals surface area contributed by atoms with Crippen molar-refractivity contribution < 1.29 is 13.6 Å². The molecule has 1 aliphatic carbocycles. The molecule has 0 radical (unpaired) electrons. The van der Waals surface area contributed by atoms with E-state index in [0.29, 0.717) is 18.8 Å². The third-order valence-electron chi connectivity index (χ3n) is 5.36. The standard InChI is InChI=1S/C19H22F2N4O2/c20-16(21)11-25-19(27)24-8-7-23(12-17(24)22-25)18(26)10-13-5-6-14-3-1-2-4-15(14)9-13/h5-6,9,16H,1-4,7-8,10-12H2. The van der Waals surface area contributed by atoms with Gasteiger partial charge in [-0.3, -0.25) is 9.36 Å². The van der Waals surface area contributed by atoms with Gasteiger partial charge >= 0.3 is 5.69 Å². The third-order valence-corrected chi connectivity index (χ3v) is 5.36. The van der Waals surface area contributed by atoms with Crippen molar-refractivity contribution in [1.82, 2.24) is 19.2 Å². The zero-order valence-corrected chi connectivity index (χ0v) is 15.0. The van der Waals surface area contributed by atoms with Crippen molar-refractivity contribution in [2.24, 2.45) is 0 Å². The Morgan fingerprint density at radius 3 is 2.70 bits per heavy atom. The predicted molar refractivity (Wildman–Crippen MR) is 94.7 cm³/mol. The monoisotopic (exact) mass is 376 g/mol. The van der Waals surface area contributed by atoms with Crippen molar-refractivity contribution in [3.63, 3.8) is 0 Å². The molecule has 0 spiro atoms. The number of amides is 1. The van der Waals surface area contributed by atoms with Crippen LogP contribution in [-0.4, -0.2) is 38.1 Å². The number of nitrogens with zero attached hydrogens (tertiary/aromatic N) is 4. The molecule has 1 aliphatic heterocycles. The zero-order chi connectivity index (χ0) is 19.0. The first-order valence-electron chi connectivity index (χ1n) is 9.34. The highest BCUT2D eigenvalue weighted by atomic mass is 19.3. The number of alkyl halides is 2. The maximum absolute atomic E-state index is 12.7. The van der Waals surface area contributed by atoms with E-state index in [-0.39, 0.29) is 19.0 Å². The molecule has 8 heteroatoms.